The van der Waals surface area contributed by atoms with Gasteiger partial charge in [-0.3, -0.25) is 4.79 Å². The number of para-hydroxylation sites is 1. The summed E-state index contributed by atoms with van der Waals surface area (Å²) in [5.74, 6) is 0.617. The number of carbonyl (C=O) groups excluding carboxylic acids is 1. The van der Waals surface area contributed by atoms with Crippen LogP contribution in [0.4, 0.5) is 0 Å². The molecule has 0 atom stereocenters. The predicted molar refractivity (Wildman–Crippen MR) is 103 cm³/mol. The molecule has 0 fully saturated rings. The molecule has 0 aliphatic carbocycles. The fourth-order valence-electron chi connectivity index (χ4n) is 2.89. The third-order valence-electron chi connectivity index (χ3n) is 3.84. The summed E-state index contributed by atoms with van der Waals surface area (Å²) >= 11 is 0. The summed E-state index contributed by atoms with van der Waals surface area (Å²) in [5.41, 5.74) is 2.08. The van der Waals surface area contributed by atoms with Crippen molar-refractivity contribution in [1.29, 1.82) is 0 Å². The third-order valence-corrected chi connectivity index (χ3v) is 3.84. The van der Waals surface area contributed by atoms with Crippen LogP contribution >= 0.6 is 0 Å². The lowest BCUT2D eigenvalue weighted by atomic mass is 9.93. The highest BCUT2D eigenvalue weighted by Gasteiger charge is 2.20. The van der Waals surface area contributed by atoms with E-state index in [1.165, 1.54) is 0 Å². The van der Waals surface area contributed by atoms with Crippen LogP contribution in [0.3, 0.4) is 0 Å². The number of hydrogen-bond acceptors (Lipinski definition) is 3. The molecule has 0 saturated carbocycles. The van der Waals surface area contributed by atoms with Gasteiger partial charge >= 0.3 is 0 Å². The molecule has 0 saturated heterocycles. The summed E-state index contributed by atoms with van der Waals surface area (Å²) in [5, 5.41) is 2.97. The van der Waals surface area contributed by atoms with Crippen LogP contribution in [0, 0.1) is 5.41 Å². The van der Waals surface area contributed by atoms with Crippen molar-refractivity contribution in [2.75, 3.05) is 33.8 Å². The number of rotatable bonds is 8. The molecule has 1 N–H and O–H groups in total. The molecule has 0 unspecified atom stereocenters. The van der Waals surface area contributed by atoms with Crippen molar-refractivity contribution in [2.24, 2.45) is 5.41 Å². The van der Waals surface area contributed by atoms with E-state index in [9.17, 15) is 4.79 Å². The van der Waals surface area contributed by atoms with E-state index < -0.39 is 0 Å². The number of benzene rings is 2. The maximum absolute atomic E-state index is 12.1. The Morgan fingerprint density at radius 1 is 1.04 bits per heavy atom. The van der Waals surface area contributed by atoms with Gasteiger partial charge in [0.15, 0.2) is 6.61 Å². The van der Waals surface area contributed by atoms with Crippen LogP contribution in [0.2, 0.25) is 0 Å². The summed E-state index contributed by atoms with van der Waals surface area (Å²) in [7, 11) is 4.07. The molecule has 0 aromatic heterocycles. The maximum atomic E-state index is 12.1. The second kappa shape index (κ2) is 8.67. The molecule has 0 aliphatic heterocycles. The van der Waals surface area contributed by atoms with Gasteiger partial charge in [0.05, 0.1) is 0 Å². The van der Waals surface area contributed by atoms with Crippen LogP contribution in [0.1, 0.15) is 13.8 Å². The summed E-state index contributed by atoms with van der Waals surface area (Å²) in [6, 6.07) is 17.8. The second-order valence-electron chi connectivity index (χ2n) is 7.33. The lowest BCUT2D eigenvalue weighted by molar-refractivity contribution is -0.123. The number of ether oxygens (including phenoxy) is 1. The van der Waals surface area contributed by atoms with Crippen molar-refractivity contribution >= 4 is 5.91 Å². The number of nitrogens with one attached hydrogen (secondary N) is 1. The Bertz CT molecular complexity index is 681. The smallest absolute Gasteiger partial charge is 0.257 e. The minimum absolute atomic E-state index is 0.0150. The number of carbonyl (C=O) groups is 1. The second-order valence-corrected chi connectivity index (χ2v) is 7.33. The standard InChI is InChI=1S/C21H28N2O2/c1-21(2,16-23(3)4)15-22-20(24)14-25-19-13-9-8-12-18(19)17-10-6-5-7-11-17/h5-13H,14-16H2,1-4H3,(H,22,24). The van der Waals surface area contributed by atoms with Crippen molar-refractivity contribution in [1.82, 2.24) is 10.2 Å². The molecule has 1 amide bonds. The minimum atomic E-state index is -0.102. The molecule has 0 radical (unpaired) electrons. The zero-order valence-corrected chi connectivity index (χ0v) is 15.6. The van der Waals surface area contributed by atoms with Gasteiger partial charge in [0, 0.05) is 18.7 Å². The molecule has 2 rings (SSSR count). The molecule has 0 bridgehead atoms. The molecule has 0 spiro atoms. The van der Waals surface area contributed by atoms with Crippen LogP contribution in [0.15, 0.2) is 54.6 Å². The SMILES string of the molecule is CN(C)CC(C)(C)CNC(=O)COc1ccccc1-c1ccccc1. The van der Waals surface area contributed by atoms with E-state index in [0.29, 0.717) is 6.54 Å². The first-order chi connectivity index (χ1) is 11.9. The summed E-state index contributed by atoms with van der Waals surface area (Å²) in [4.78, 5) is 14.3. The van der Waals surface area contributed by atoms with Crippen molar-refractivity contribution in [3.8, 4) is 16.9 Å². The Morgan fingerprint density at radius 3 is 2.36 bits per heavy atom. The lowest BCUT2D eigenvalue weighted by Crippen LogP contribution is -2.41. The quantitative estimate of drug-likeness (QED) is 0.800. The average molecular weight is 340 g/mol. The molecule has 0 aliphatic rings. The largest absolute Gasteiger partial charge is 0.483 e. The Morgan fingerprint density at radius 2 is 1.68 bits per heavy atom. The van der Waals surface area contributed by atoms with Crippen LogP contribution in [0.25, 0.3) is 11.1 Å². The number of nitrogens with zero attached hydrogens (tertiary/aromatic N) is 1. The molecule has 25 heavy (non-hydrogen) atoms. The van der Waals surface area contributed by atoms with Gasteiger partial charge < -0.3 is 15.0 Å². The van der Waals surface area contributed by atoms with Crippen LogP contribution < -0.4 is 10.1 Å². The average Bonchev–Trinajstić information content (AvgIpc) is 2.58. The van der Waals surface area contributed by atoms with Crippen molar-refractivity contribution in [3.63, 3.8) is 0 Å². The van der Waals surface area contributed by atoms with E-state index in [1.807, 2.05) is 68.7 Å². The van der Waals surface area contributed by atoms with E-state index in [2.05, 4.69) is 24.1 Å². The molecule has 0 heterocycles. The molecule has 2 aromatic carbocycles. The maximum Gasteiger partial charge on any atom is 0.257 e. The van der Waals surface area contributed by atoms with E-state index in [0.717, 1.165) is 23.4 Å². The first-order valence-electron chi connectivity index (χ1n) is 8.56. The molecule has 4 nitrogen and oxygen atoms in total. The first kappa shape index (κ1) is 19.0. The highest BCUT2D eigenvalue weighted by atomic mass is 16.5. The van der Waals surface area contributed by atoms with Crippen LogP contribution in [-0.4, -0.2) is 44.6 Å². The highest BCUT2D eigenvalue weighted by Crippen LogP contribution is 2.29. The van der Waals surface area contributed by atoms with Gasteiger partial charge in [-0.05, 0) is 31.1 Å². The minimum Gasteiger partial charge on any atom is -0.483 e. The Hall–Kier alpha value is -2.33. The molecule has 4 heteroatoms. The topological polar surface area (TPSA) is 41.6 Å². The Balaban J connectivity index is 1.93. The van der Waals surface area contributed by atoms with E-state index in [-0.39, 0.29) is 17.9 Å². The third kappa shape index (κ3) is 6.24. The Labute approximate surface area is 150 Å². The molecular weight excluding hydrogens is 312 g/mol. The van der Waals surface area contributed by atoms with Gasteiger partial charge in [-0.25, -0.2) is 0 Å². The molecule has 2 aromatic rings. The van der Waals surface area contributed by atoms with Gasteiger partial charge in [-0.2, -0.15) is 0 Å². The predicted octanol–water partition coefficient (Wildman–Crippen LogP) is 3.44. The Kier molecular flexibility index (Phi) is 6.59. The highest BCUT2D eigenvalue weighted by molar-refractivity contribution is 5.78. The van der Waals surface area contributed by atoms with Gasteiger partial charge in [0.1, 0.15) is 5.75 Å². The fraction of sp³-hybridized carbons (Fsp3) is 0.381. The number of hydrogen-bond donors (Lipinski definition) is 1. The van der Waals surface area contributed by atoms with E-state index in [4.69, 9.17) is 4.74 Å². The molecule has 134 valence electrons. The van der Waals surface area contributed by atoms with Crippen molar-refractivity contribution in [3.05, 3.63) is 54.6 Å². The van der Waals surface area contributed by atoms with Crippen molar-refractivity contribution < 1.29 is 9.53 Å². The fourth-order valence-corrected chi connectivity index (χ4v) is 2.89. The van der Waals surface area contributed by atoms with Crippen LogP contribution in [0.5, 0.6) is 5.75 Å². The number of amides is 1. The normalized spacial score (nSPS) is 11.4. The van der Waals surface area contributed by atoms with Gasteiger partial charge in [-0.1, -0.05) is 62.4 Å². The van der Waals surface area contributed by atoms with Gasteiger partial charge in [-0.15, -0.1) is 0 Å². The van der Waals surface area contributed by atoms with Crippen LogP contribution in [-0.2, 0) is 4.79 Å². The van der Waals surface area contributed by atoms with Crippen molar-refractivity contribution in [2.45, 2.75) is 13.8 Å². The first-order valence-corrected chi connectivity index (χ1v) is 8.56. The summed E-state index contributed by atoms with van der Waals surface area (Å²) in [6.45, 7) is 5.82. The summed E-state index contributed by atoms with van der Waals surface area (Å²) in [6.07, 6.45) is 0. The van der Waals surface area contributed by atoms with E-state index in [1.54, 1.807) is 0 Å². The van der Waals surface area contributed by atoms with Gasteiger partial charge in [0.25, 0.3) is 5.91 Å². The summed E-state index contributed by atoms with van der Waals surface area (Å²) < 4.78 is 5.78. The monoisotopic (exact) mass is 340 g/mol. The lowest BCUT2D eigenvalue weighted by Gasteiger charge is -2.28. The molecular formula is C21H28N2O2. The van der Waals surface area contributed by atoms with Gasteiger partial charge in [0.2, 0.25) is 0 Å². The van der Waals surface area contributed by atoms with E-state index >= 15 is 0 Å². The zero-order chi connectivity index (χ0) is 18.3. The zero-order valence-electron chi connectivity index (χ0n) is 15.6.